The van der Waals surface area contributed by atoms with Gasteiger partial charge in [-0.1, -0.05) is 32.4 Å². The van der Waals surface area contributed by atoms with E-state index >= 15 is 0 Å². The first-order valence-corrected chi connectivity index (χ1v) is 5.25. The van der Waals surface area contributed by atoms with E-state index in [0.29, 0.717) is 5.92 Å². The molecule has 1 radical (unpaired) electrons. The quantitative estimate of drug-likeness (QED) is 0.687. The van der Waals surface area contributed by atoms with Crippen LogP contribution in [0.1, 0.15) is 37.7 Å². The van der Waals surface area contributed by atoms with E-state index in [9.17, 15) is 0 Å². The Bertz CT molecular complexity index is 250. The van der Waals surface area contributed by atoms with E-state index in [4.69, 9.17) is 4.74 Å². The predicted octanol–water partition coefficient (Wildman–Crippen LogP) is 3.80. The fourth-order valence-electron chi connectivity index (χ4n) is 1.70. The zero-order valence-electron chi connectivity index (χ0n) is 9.12. The topological polar surface area (TPSA) is 9.23 Å². The van der Waals surface area contributed by atoms with Crippen molar-refractivity contribution in [2.24, 2.45) is 0 Å². The van der Waals surface area contributed by atoms with Crippen LogP contribution in [0, 0.1) is 6.92 Å². The highest BCUT2D eigenvalue weighted by molar-refractivity contribution is 5.29. The van der Waals surface area contributed by atoms with Gasteiger partial charge in [0.15, 0.2) is 0 Å². The molecule has 0 amide bonds. The van der Waals surface area contributed by atoms with Crippen LogP contribution in [0.25, 0.3) is 0 Å². The Labute approximate surface area is 87.1 Å². The average molecular weight is 191 g/mol. The van der Waals surface area contributed by atoms with Crippen molar-refractivity contribution in [1.29, 1.82) is 0 Å². The molecule has 0 saturated carbocycles. The van der Waals surface area contributed by atoms with Gasteiger partial charge in [-0.3, -0.25) is 0 Å². The second kappa shape index (κ2) is 5.69. The molecule has 0 bridgehead atoms. The van der Waals surface area contributed by atoms with Gasteiger partial charge in [-0.15, -0.1) is 0 Å². The minimum absolute atomic E-state index is 0.603. The predicted molar refractivity (Wildman–Crippen MR) is 60.6 cm³/mol. The van der Waals surface area contributed by atoms with Crippen molar-refractivity contribution in [2.45, 2.75) is 32.1 Å². The SMILES string of the molecule is [CH2]CC(CCC)c1ccc(OC)cc1. The van der Waals surface area contributed by atoms with E-state index in [2.05, 4.69) is 26.0 Å². The Morgan fingerprint density at radius 3 is 2.36 bits per heavy atom. The van der Waals surface area contributed by atoms with Crippen LogP contribution in [0.3, 0.4) is 0 Å². The minimum Gasteiger partial charge on any atom is -0.497 e. The fourth-order valence-corrected chi connectivity index (χ4v) is 1.70. The summed E-state index contributed by atoms with van der Waals surface area (Å²) in [5.41, 5.74) is 1.38. The molecule has 1 heteroatoms. The van der Waals surface area contributed by atoms with Crippen LogP contribution in [0.5, 0.6) is 5.75 Å². The summed E-state index contributed by atoms with van der Waals surface area (Å²) in [6.45, 7) is 6.21. The van der Waals surface area contributed by atoms with E-state index in [1.165, 1.54) is 18.4 Å². The summed E-state index contributed by atoms with van der Waals surface area (Å²) >= 11 is 0. The Morgan fingerprint density at radius 2 is 1.93 bits per heavy atom. The van der Waals surface area contributed by atoms with Gasteiger partial charge in [0.1, 0.15) is 5.75 Å². The van der Waals surface area contributed by atoms with Crippen LogP contribution >= 0.6 is 0 Å². The van der Waals surface area contributed by atoms with Crippen molar-refractivity contribution in [1.82, 2.24) is 0 Å². The Balaban J connectivity index is 2.73. The van der Waals surface area contributed by atoms with Crippen molar-refractivity contribution < 1.29 is 4.74 Å². The third-order valence-corrected chi connectivity index (χ3v) is 2.57. The second-order valence-corrected chi connectivity index (χ2v) is 3.55. The van der Waals surface area contributed by atoms with Gasteiger partial charge in [0.05, 0.1) is 7.11 Å². The summed E-state index contributed by atoms with van der Waals surface area (Å²) < 4.78 is 5.13. The summed E-state index contributed by atoms with van der Waals surface area (Å²) in [4.78, 5) is 0. The molecule has 0 spiro atoms. The second-order valence-electron chi connectivity index (χ2n) is 3.55. The van der Waals surface area contributed by atoms with Crippen LogP contribution in [0.2, 0.25) is 0 Å². The first kappa shape index (κ1) is 11.1. The third kappa shape index (κ3) is 2.76. The van der Waals surface area contributed by atoms with Gasteiger partial charge < -0.3 is 4.74 Å². The zero-order chi connectivity index (χ0) is 10.4. The van der Waals surface area contributed by atoms with Crippen molar-refractivity contribution in [3.8, 4) is 5.75 Å². The van der Waals surface area contributed by atoms with Crippen LogP contribution < -0.4 is 4.74 Å². The first-order valence-electron chi connectivity index (χ1n) is 5.25. The van der Waals surface area contributed by atoms with Gasteiger partial charge in [0, 0.05) is 0 Å². The normalized spacial score (nSPS) is 12.5. The minimum atomic E-state index is 0.603. The molecule has 0 aliphatic rings. The van der Waals surface area contributed by atoms with Crippen LogP contribution in [0.4, 0.5) is 0 Å². The standard InChI is InChI=1S/C13H19O/c1-4-6-11(5-2)12-7-9-13(14-3)10-8-12/h7-11H,2,4-6H2,1,3H3. The zero-order valence-corrected chi connectivity index (χ0v) is 9.12. The Hall–Kier alpha value is -0.980. The maximum absolute atomic E-state index is 5.13. The van der Waals surface area contributed by atoms with Gasteiger partial charge in [0.25, 0.3) is 0 Å². The molecule has 1 unspecified atom stereocenters. The van der Waals surface area contributed by atoms with E-state index in [-0.39, 0.29) is 0 Å². The molecule has 14 heavy (non-hydrogen) atoms. The lowest BCUT2D eigenvalue weighted by molar-refractivity contribution is 0.414. The van der Waals surface area contributed by atoms with E-state index in [1.807, 2.05) is 12.1 Å². The van der Waals surface area contributed by atoms with Crippen molar-refractivity contribution in [3.05, 3.63) is 36.8 Å². The number of ether oxygens (including phenoxy) is 1. The fraction of sp³-hybridized carbons (Fsp3) is 0.462. The highest BCUT2D eigenvalue weighted by Gasteiger charge is 2.07. The lowest BCUT2D eigenvalue weighted by Crippen LogP contribution is -1.96. The first-order chi connectivity index (χ1) is 6.81. The molecule has 0 saturated heterocycles. The molecular weight excluding hydrogens is 172 g/mol. The van der Waals surface area contributed by atoms with E-state index in [1.54, 1.807) is 7.11 Å². The Kier molecular flexibility index (Phi) is 4.51. The highest BCUT2D eigenvalue weighted by Crippen LogP contribution is 2.25. The summed E-state index contributed by atoms with van der Waals surface area (Å²) in [6.07, 6.45) is 3.40. The molecule has 1 atom stereocenters. The van der Waals surface area contributed by atoms with Gasteiger partial charge >= 0.3 is 0 Å². The van der Waals surface area contributed by atoms with E-state index in [0.717, 1.165) is 12.2 Å². The largest absolute Gasteiger partial charge is 0.497 e. The van der Waals surface area contributed by atoms with E-state index < -0.39 is 0 Å². The number of rotatable bonds is 5. The molecule has 77 valence electrons. The summed E-state index contributed by atoms with van der Waals surface area (Å²) in [5.74, 6) is 1.53. The summed E-state index contributed by atoms with van der Waals surface area (Å²) in [7, 11) is 1.69. The lowest BCUT2D eigenvalue weighted by atomic mass is 9.92. The number of benzene rings is 1. The molecule has 0 aliphatic heterocycles. The van der Waals surface area contributed by atoms with Crippen molar-refractivity contribution in [3.63, 3.8) is 0 Å². The monoisotopic (exact) mass is 191 g/mol. The summed E-state index contributed by atoms with van der Waals surface area (Å²) in [6, 6.07) is 8.33. The van der Waals surface area contributed by atoms with Gasteiger partial charge in [-0.2, -0.15) is 0 Å². The molecule has 0 aromatic heterocycles. The smallest absolute Gasteiger partial charge is 0.118 e. The maximum atomic E-state index is 5.13. The van der Waals surface area contributed by atoms with Crippen molar-refractivity contribution in [2.75, 3.05) is 7.11 Å². The Morgan fingerprint density at radius 1 is 1.29 bits per heavy atom. The molecule has 1 nitrogen and oxygen atoms in total. The van der Waals surface area contributed by atoms with Gasteiger partial charge in [-0.25, -0.2) is 0 Å². The van der Waals surface area contributed by atoms with Gasteiger partial charge in [-0.05, 0) is 36.5 Å². The number of hydrogen-bond donors (Lipinski definition) is 0. The lowest BCUT2D eigenvalue weighted by Gasteiger charge is -2.14. The molecule has 1 aromatic carbocycles. The molecular formula is C13H19O. The number of methoxy groups -OCH3 is 1. The molecule has 0 N–H and O–H groups in total. The summed E-state index contributed by atoms with van der Waals surface area (Å²) in [5, 5.41) is 0. The highest BCUT2D eigenvalue weighted by atomic mass is 16.5. The molecule has 0 heterocycles. The molecule has 0 aliphatic carbocycles. The average Bonchev–Trinajstić information content (AvgIpc) is 2.26. The maximum Gasteiger partial charge on any atom is 0.118 e. The van der Waals surface area contributed by atoms with Gasteiger partial charge in [0.2, 0.25) is 0 Å². The molecule has 1 aromatic rings. The third-order valence-electron chi connectivity index (χ3n) is 2.57. The van der Waals surface area contributed by atoms with Crippen LogP contribution in [-0.2, 0) is 0 Å². The number of hydrogen-bond acceptors (Lipinski definition) is 1. The molecule has 1 rings (SSSR count). The van der Waals surface area contributed by atoms with Crippen LogP contribution in [-0.4, -0.2) is 7.11 Å². The van der Waals surface area contributed by atoms with Crippen LogP contribution in [0.15, 0.2) is 24.3 Å². The van der Waals surface area contributed by atoms with Crippen molar-refractivity contribution >= 4 is 0 Å². The molecule has 0 fully saturated rings.